The Hall–Kier alpha value is -2.76. The van der Waals surface area contributed by atoms with Crippen LogP contribution >= 0.6 is 0 Å². The second kappa shape index (κ2) is 4.73. The maximum absolute atomic E-state index is 9.73. The van der Waals surface area contributed by atoms with Crippen molar-refractivity contribution >= 4 is 0 Å². The van der Waals surface area contributed by atoms with Gasteiger partial charge in [0, 0.05) is 23.1 Å². The molecule has 0 radical (unpaired) electrons. The van der Waals surface area contributed by atoms with Crippen molar-refractivity contribution in [2.75, 3.05) is 0 Å². The maximum Gasteiger partial charge on any atom is 0.280 e. The van der Waals surface area contributed by atoms with Crippen LogP contribution in [0.3, 0.4) is 0 Å². The molecule has 0 aliphatic heterocycles. The molecule has 0 aliphatic rings. The molecular weight excluding hydrogens is 256 g/mol. The van der Waals surface area contributed by atoms with Crippen LogP contribution in [0.4, 0.5) is 0 Å². The number of nitrogens with zero attached hydrogens (tertiary/aromatic N) is 4. The van der Waals surface area contributed by atoms with Crippen LogP contribution in [0, 0.1) is 13.8 Å². The van der Waals surface area contributed by atoms with Gasteiger partial charge in [0.25, 0.3) is 5.89 Å². The highest BCUT2D eigenvalue weighted by Crippen LogP contribution is 2.27. The maximum atomic E-state index is 9.73. The fourth-order valence-corrected chi connectivity index (χ4v) is 1.96. The lowest BCUT2D eigenvalue weighted by molar-refractivity contribution is 0.423. The predicted octanol–water partition coefficient (Wildman–Crippen LogP) is 2.52. The minimum absolute atomic E-state index is 0.00443. The van der Waals surface area contributed by atoms with Gasteiger partial charge in [0.1, 0.15) is 5.75 Å². The van der Waals surface area contributed by atoms with Crippen molar-refractivity contribution in [2.24, 2.45) is 0 Å². The lowest BCUT2D eigenvalue weighted by Crippen LogP contribution is -1.89. The first-order valence-corrected chi connectivity index (χ1v) is 6.07. The zero-order valence-corrected chi connectivity index (χ0v) is 11.0. The van der Waals surface area contributed by atoms with E-state index in [1.165, 1.54) is 6.07 Å². The molecule has 0 unspecified atom stereocenters. The van der Waals surface area contributed by atoms with Crippen LogP contribution in [-0.2, 0) is 0 Å². The summed E-state index contributed by atoms with van der Waals surface area (Å²) in [4.78, 5) is 12.6. The van der Waals surface area contributed by atoms with Gasteiger partial charge in [0.15, 0.2) is 5.69 Å². The topological polar surface area (TPSA) is 84.9 Å². The zero-order valence-electron chi connectivity index (χ0n) is 11.0. The SMILES string of the molecule is Cc1cc(-c2noc(-c3ncccc3O)n2)cc(C)n1. The van der Waals surface area contributed by atoms with Gasteiger partial charge in [-0.3, -0.25) is 4.98 Å². The quantitative estimate of drug-likeness (QED) is 0.768. The van der Waals surface area contributed by atoms with E-state index in [1.807, 2.05) is 26.0 Å². The standard InChI is InChI=1S/C14H12N4O2/c1-8-6-10(7-9(2)16-8)13-17-14(20-18-13)12-11(19)4-3-5-15-12/h3-7,19H,1-2H3. The summed E-state index contributed by atoms with van der Waals surface area (Å²) >= 11 is 0. The third kappa shape index (κ3) is 2.23. The normalized spacial score (nSPS) is 10.7. The molecule has 3 rings (SSSR count). The van der Waals surface area contributed by atoms with E-state index < -0.39 is 0 Å². The van der Waals surface area contributed by atoms with Gasteiger partial charge in [-0.25, -0.2) is 4.98 Å². The van der Waals surface area contributed by atoms with Gasteiger partial charge in [0.05, 0.1) is 0 Å². The van der Waals surface area contributed by atoms with E-state index in [-0.39, 0.29) is 17.3 Å². The highest BCUT2D eigenvalue weighted by Gasteiger charge is 2.15. The number of hydrogen-bond acceptors (Lipinski definition) is 6. The second-order valence-electron chi connectivity index (χ2n) is 4.43. The van der Waals surface area contributed by atoms with Gasteiger partial charge >= 0.3 is 0 Å². The third-order valence-corrected chi connectivity index (χ3v) is 2.75. The Morgan fingerprint density at radius 3 is 2.55 bits per heavy atom. The molecular formula is C14H12N4O2. The lowest BCUT2D eigenvalue weighted by atomic mass is 10.2. The lowest BCUT2D eigenvalue weighted by Gasteiger charge is -1.99. The van der Waals surface area contributed by atoms with E-state index in [0.29, 0.717) is 5.82 Å². The van der Waals surface area contributed by atoms with Crippen LogP contribution in [0.2, 0.25) is 0 Å². The van der Waals surface area contributed by atoms with Crippen LogP contribution in [0.25, 0.3) is 23.0 Å². The van der Waals surface area contributed by atoms with E-state index in [4.69, 9.17) is 4.52 Å². The van der Waals surface area contributed by atoms with Crippen LogP contribution < -0.4 is 0 Å². The largest absolute Gasteiger partial charge is 0.505 e. The summed E-state index contributed by atoms with van der Waals surface area (Å²) in [5, 5.41) is 13.7. The molecule has 6 nitrogen and oxygen atoms in total. The van der Waals surface area contributed by atoms with Gasteiger partial charge in [0.2, 0.25) is 5.82 Å². The van der Waals surface area contributed by atoms with Gasteiger partial charge < -0.3 is 9.63 Å². The molecule has 3 heterocycles. The number of aryl methyl sites for hydroxylation is 2. The molecule has 20 heavy (non-hydrogen) atoms. The van der Waals surface area contributed by atoms with Crippen LogP contribution in [0.15, 0.2) is 35.0 Å². The summed E-state index contributed by atoms with van der Waals surface area (Å²) in [6.45, 7) is 3.81. The summed E-state index contributed by atoms with van der Waals surface area (Å²) in [6.07, 6.45) is 1.56. The minimum Gasteiger partial charge on any atom is -0.505 e. The first-order chi connectivity index (χ1) is 9.63. The molecule has 0 saturated heterocycles. The highest BCUT2D eigenvalue weighted by atomic mass is 16.5. The average Bonchev–Trinajstić information content (AvgIpc) is 2.87. The van der Waals surface area contributed by atoms with Crippen LogP contribution in [0.5, 0.6) is 5.75 Å². The number of aromatic nitrogens is 4. The highest BCUT2D eigenvalue weighted by molar-refractivity contribution is 5.61. The fraction of sp³-hybridized carbons (Fsp3) is 0.143. The van der Waals surface area contributed by atoms with Crippen molar-refractivity contribution in [1.29, 1.82) is 0 Å². The number of rotatable bonds is 2. The summed E-state index contributed by atoms with van der Waals surface area (Å²) in [6, 6.07) is 6.90. The van der Waals surface area contributed by atoms with E-state index in [0.717, 1.165) is 17.0 Å². The number of hydrogen-bond donors (Lipinski definition) is 1. The monoisotopic (exact) mass is 268 g/mol. The Bertz CT molecular complexity index is 747. The van der Waals surface area contributed by atoms with Crippen molar-refractivity contribution in [1.82, 2.24) is 20.1 Å². The number of aromatic hydroxyl groups is 1. The Balaban J connectivity index is 2.04. The van der Waals surface area contributed by atoms with Gasteiger partial charge in [-0.15, -0.1) is 0 Å². The molecule has 0 spiro atoms. The molecule has 0 aromatic carbocycles. The summed E-state index contributed by atoms with van der Waals surface area (Å²) < 4.78 is 5.16. The smallest absolute Gasteiger partial charge is 0.280 e. The Morgan fingerprint density at radius 1 is 1.10 bits per heavy atom. The zero-order chi connectivity index (χ0) is 14.1. The predicted molar refractivity (Wildman–Crippen MR) is 71.9 cm³/mol. The fourth-order valence-electron chi connectivity index (χ4n) is 1.96. The molecule has 0 fully saturated rings. The summed E-state index contributed by atoms with van der Waals surface area (Å²) in [5.74, 6) is 0.633. The molecule has 0 aliphatic carbocycles. The van der Waals surface area contributed by atoms with Gasteiger partial charge in [-0.2, -0.15) is 4.98 Å². The number of pyridine rings is 2. The Kier molecular flexibility index (Phi) is 2.90. The molecule has 0 bridgehead atoms. The van der Waals surface area contributed by atoms with Crippen molar-refractivity contribution < 1.29 is 9.63 Å². The van der Waals surface area contributed by atoms with Crippen molar-refractivity contribution in [3.05, 3.63) is 41.9 Å². The van der Waals surface area contributed by atoms with Crippen molar-refractivity contribution in [2.45, 2.75) is 13.8 Å². The Morgan fingerprint density at radius 2 is 1.85 bits per heavy atom. The molecule has 3 aromatic heterocycles. The van der Waals surface area contributed by atoms with E-state index in [2.05, 4.69) is 20.1 Å². The van der Waals surface area contributed by atoms with Gasteiger partial charge in [-0.1, -0.05) is 5.16 Å². The van der Waals surface area contributed by atoms with E-state index >= 15 is 0 Å². The average molecular weight is 268 g/mol. The molecule has 0 atom stereocenters. The molecule has 6 heteroatoms. The van der Waals surface area contributed by atoms with Crippen molar-refractivity contribution in [3.8, 4) is 28.7 Å². The van der Waals surface area contributed by atoms with Gasteiger partial charge in [-0.05, 0) is 38.1 Å². The van der Waals surface area contributed by atoms with E-state index in [9.17, 15) is 5.11 Å². The molecule has 0 amide bonds. The summed E-state index contributed by atoms with van der Waals surface area (Å²) in [5.41, 5.74) is 2.85. The molecule has 100 valence electrons. The van der Waals surface area contributed by atoms with E-state index in [1.54, 1.807) is 12.3 Å². The first-order valence-electron chi connectivity index (χ1n) is 6.07. The molecule has 3 aromatic rings. The molecule has 0 saturated carbocycles. The van der Waals surface area contributed by atoms with Crippen molar-refractivity contribution in [3.63, 3.8) is 0 Å². The third-order valence-electron chi connectivity index (χ3n) is 2.75. The first kappa shape index (κ1) is 12.3. The Labute approximate surface area is 115 Å². The summed E-state index contributed by atoms with van der Waals surface area (Å²) in [7, 11) is 0. The minimum atomic E-state index is 0.00443. The molecule has 1 N–H and O–H groups in total. The van der Waals surface area contributed by atoms with Crippen LogP contribution in [0.1, 0.15) is 11.4 Å². The second-order valence-corrected chi connectivity index (χ2v) is 4.43. The van der Waals surface area contributed by atoms with Crippen LogP contribution in [-0.4, -0.2) is 25.2 Å².